The molecule has 1 N–H and O–H groups in total. The quantitative estimate of drug-likeness (QED) is 0.835. The fraction of sp³-hybridized carbons (Fsp3) is 0.391. The first-order chi connectivity index (χ1) is 13.6. The van der Waals surface area contributed by atoms with Crippen LogP contribution in [-0.4, -0.2) is 25.5 Å². The van der Waals surface area contributed by atoms with E-state index in [0.29, 0.717) is 18.2 Å². The van der Waals surface area contributed by atoms with E-state index in [1.165, 1.54) is 5.56 Å². The van der Waals surface area contributed by atoms with Gasteiger partial charge in [0.25, 0.3) is 0 Å². The second-order valence-corrected chi connectivity index (χ2v) is 7.81. The van der Waals surface area contributed by atoms with Crippen LogP contribution in [0.5, 0.6) is 5.75 Å². The van der Waals surface area contributed by atoms with Gasteiger partial charge in [-0.2, -0.15) is 0 Å². The molecule has 1 saturated heterocycles. The zero-order valence-electron chi connectivity index (χ0n) is 16.4. The van der Waals surface area contributed by atoms with Crippen molar-refractivity contribution in [1.29, 1.82) is 0 Å². The summed E-state index contributed by atoms with van der Waals surface area (Å²) < 4.78 is 5.38. The molecule has 28 heavy (non-hydrogen) atoms. The largest absolute Gasteiger partial charge is 0.495 e. The normalized spacial score (nSPS) is 20.1. The SMILES string of the molecule is COc1ccccc1N1CC(C(=O)NC(c2ccc(C)cc2)C2CC2)CC1=O. The summed E-state index contributed by atoms with van der Waals surface area (Å²) in [5.74, 6) is 0.719. The minimum absolute atomic E-state index is 0.0310. The number of nitrogens with one attached hydrogen (secondary N) is 1. The monoisotopic (exact) mass is 378 g/mol. The van der Waals surface area contributed by atoms with E-state index in [9.17, 15) is 9.59 Å². The highest BCUT2D eigenvalue weighted by atomic mass is 16.5. The van der Waals surface area contributed by atoms with Crippen LogP contribution in [0, 0.1) is 18.8 Å². The van der Waals surface area contributed by atoms with Crippen molar-refractivity contribution in [2.24, 2.45) is 11.8 Å². The van der Waals surface area contributed by atoms with Gasteiger partial charge in [-0.3, -0.25) is 9.59 Å². The minimum atomic E-state index is -0.343. The fourth-order valence-corrected chi connectivity index (χ4v) is 3.92. The first kappa shape index (κ1) is 18.5. The third-order valence-corrected chi connectivity index (χ3v) is 5.70. The van der Waals surface area contributed by atoms with Crippen molar-refractivity contribution in [2.75, 3.05) is 18.6 Å². The Morgan fingerprint density at radius 3 is 2.54 bits per heavy atom. The van der Waals surface area contributed by atoms with E-state index in [4.69, 9.17) is 4.74 Å². The number of aryl methyl sites for hydroxylation is 1. The number of hydrogen-bond donors (Lipinski definition) is 1. The van der Waals surface area contributed by atoms with E-state index in [2.05, 4.69) is 36.5 Å². The zero-order valence-corrected chi connectivity index (χ0v) is 16.4. The highest BCUT2D eigenvalue weighted by molar-refractivity contribution is 6.01. The average Bonchev–Trinajstić information content (AvgIpc) is 3.48. The van der Waals surface area contributed by atoms with Crippen LogP contribution in [-0.2, 0) is 9.59 Å². The number of ether oxygens (including phenoxy) is 1. The van der Waals surface area contributed by atoms with Gasteiger partial charge in [0.2, 0.25) is 11.8 Å². The molecule has 0 aromatic heterocycles. The van der Waals surface area contributed by atoms with Crippen LogP contribution in [0.25, 0.3) is 0 Å². The number of anilines is 1. The zero-order chi connectivity index (χ0) is 19.7. The Kier molecular flexibility index (Phi) is 5.07. The Bertz CT molecular complexity index is 874. The lowest BCUT2D eigenvalue weighted by Gasteiger charge is -2.22. The van der Waals surface area contributed by atoms with Crippen molar-refractivity contribution in [2.45, 2.75) is 32.2 Å². The number of benzene rings is 2. The maximum atomic E-state index is 13.0. The molecule has 2 aromatic rings. The Hall–Kier alpha value is -2.82. The molecule has 5 nitrogen and oxygen atoms in total. The summed E-state index contributed by atoms with van der Waals surface area (Å²) in [6.45, 7) is 2.45. The summed E-state index contributed by atoms with van der Waals surface area (Å²) in [7, 11) is 1.59. The van der Waals surface area contributed by atoms with E-state index in [1.807, 2.05) is 24.3 Å². The molecule has 2 fully saturated rings. The van der Waals surface area contributed by atoms with Gasteiger partial charge in [0, 0.05) is 13.0 Å². The van der Waals surface area contributed by atoms with Crippen molar-refractivity contribution >= 4 is 17.5 Å². The number of para-hydroxylation sites is 2. The summed E-state index contributed by atoms with van der Waals surface area (Å²) in [5, 5.41) is 3.23. The molecule has 2 aromatic carbocycles. The lowest BCUT2D eigenvalue weighted by molar-refractivity contribution is -0.127. The van der Waals surface area contributed by atoms with Gasteiger partial charge >= 0.3 is 0 Å². The highest BCUT2D eigenvalue weighted by Crippen LogP contribution is 2.41. The van der Waals surface area contributed by atoms with Crippen LogP contribution >= 0.6 is 0 Å². The summed E-state index contributed by atoms with van der Waals surface area (Å²) in [5.41, 5.74) is 3.08. The molecule has 1 saturated carbocycles. The van der Waals surface area contributed by atoms with E-state index < -0.39 is 0 Å². The fourth-order valence-electron chi connectivity index (χ4n) is 3.92. The standard InChI is InChI=1S/C23H26N2O3/c1-15-7-9-16(10-8-15)22(17-11-12-17)24-23(27)18-13-21(26)25(14-18)19-5-3-4-6-20(19)28-2/h3-10,17-18,22H,11-14H2,1-2H3,(H,24,27). The van der Waals surface area contributed by atoms with Crippen molar-refractivity contribution in [1.82, 2.24) is 5.32 Å². The molecule has 4 rings (SSSR count). The van der Waals surface area contributed by atoms with E-state index >= 15 is 0 Å². The summed E-state index contributed by atoms with van der Waals surface area (Å²) in [4.78, 5) is 27.2. The second-order valence-electron chi connectivity index (χ2n) is 7.81. The van der Waals surface area contributed by atoms with E-state index in [1.54, 1.807) is 12.0 Å². The first-order valence-corrected chi connectivity index (χ1v) is 9.87. The molecule has 0 spiro atoms. The summed E-state index contributed by atoms with van der Waals surface area (Å²) >= 11 is 0. The Labute approximate surface area is 165 Å². The molecular weight excluding hydrogens is 352 g/mol. The third kappa shape index (κ3) is 3.75. The molecule has 2 unspecified atom stereocenters. The van der Waals surface area contributed by atoms with Crippen molar-refractivity contribution in [3.8, 4) is 5.75 Å². The third-order valence-electron chi connectivity index (χ3n) is 5.70. The van der Waals surface area contributed by atoms with Gasteiger partial charge < -0.3 is 15.0 Å². The van der Waals surface area contributed by atoms with Gasteiger partial charge in [-0.05, 0) is 43.4 Å². The maximum Gasteiger partial charge on any atom is 0.227 e. The van der Waals surface area contributed by atoms with Gasteiger partial charge in [0.15, 0.2) is 0 Å². The molecule has 2 amide bonds. The van der Waals surface area contributed by atoms with Gasteiger partial charge in [-0.15, -0.1) is 0 Å². The number of hydrogen-bond acceptors (Lipinski definition) is 3. The molecule has 1 aliphatic carbocycles. The lowest BCUT2D eigenvalue weighted by Crippen LogP contribution is -2.36. The van der Waals surface area contributed by atoms with Crippen LogP contribution in [0.2, 0.25) is 0 Å². The van der Waals surface area contributed by atoms with Gasteiger partial charge in [-0.25, -0.2) is 0 Å². The summed E-state index contributed by atoms with van der Waals surface area (Å²) in [6, 6.07) is 15.8. The van der Waals surface area contributed by atoms with Gasteiger partial charge in [0.05, 0.1) is 24.8 Å². The minimum Gasteiger partial charge on any atom is -0.495 e. The number of methoxy groups -OCH3 is 1. The van der Waals surface area contributed by atoms with Crippen LogP contribution in [0.4, 0.5) is 5.69 Å². The number of amides is 2. The smallest absolute Gasteiger partial charge is 0.227 e. The lowest BCUT2D eigenvalue weighted by atomic mass is 9.99. The molecule has 0 bridgehead atoms. The predicted octanol–water partition coefficient (Wildman–Crippen LogP) is 3.62. The maximum absolute atomic E-state index is 13.0. The predicted molar refractivity (Wildman–Crippen MR) is 108 cm³/mol. The number of carbonyl (C=O) groups is 2. The molecule has 1 heterocycles. The first-order valence-electron chi connectivity index (χ1n) is 9.87. The summed E-state index contributed by atoms with van der Waals surface area (Å²) in [6.07, 6.45) is 2.50. The van der Waals surface area contributed by atoms with E-state index in [0.717, 1.165) is 24.1 Å². The second kappa shape index (κ2) is 7.66. The number of rotatable bonds is 6. The topological polar surface area (TPSA) is 58.6 Å². The van der Waals surface area contributed by atoms with E-state index in [-0.39, 0.29) is 30.2 Å². The molecule has 5 heteroatoms. The van der Waals surface area contributed by atoms with Crippen LogP contribution in [0.3, 0.4) is 0 Å². The molecule has 2 atom stereocenters. The average molecular weight is 378 g/mol. The molecular formula is C23H26N2O3. The number of carbonyl (C=O) groups excluding carboxylic acids is 2. The molecule has 146 valence electrons. The van der Waals surface area contributed by atoms with Crippen LogP contribution in [0.15, 0.2) is 48.5 Å². The molecule has 2 aliphatic rings. The Morgan fingerprint density at radius 2 is 1.86 bits per heavy atom. The Morgan fingerprint density at radius 1 is 1.14 bits per heavy atom. The van der Waals surface area contributed by atoms with Crippen molar-refractivity contribution < 1.29 is 14.3 Å². The number of nitrogens with zero attached hydrogens (tertiary/aromatic N) is 1. The Balaban J connectivity index is 1.47. The van der Waals surface area contributed by atoms with Gasteiger partial charge in [-0.1, -0.05) is 42.0 Å². The molecule has 0 radical (unpaired) electrons. The van der Waals surface area contributed by atoms with Crippen LogP contribution in [0.1, 0.15) is 36.4 Å². The van der Waals surface area contributed by atoms with Crippen molar-refractivity contribution in [3.63, 3.8) is 0 Å². The molecule has 1 aliphatic heterocycles. The van der Waals surface area contributed by atoms with Crippen molar-refractivity contribution in [3.05, 3.63) is 59.7 Å². The van der Waals surface area contributed by atoms with Crippen LogP contribution < -0.4 is 15.0 Å². The highest BCUT2D eigenvalue weighted by Gasteiger charge is 2.39. The van der Waals surface area contributed by atoms with Gasteiger partial charge in [0.1, 0.15) is 5.75 Å².